The summed E-state index contributed by atoms with van der Waals surface area (Å²) in [6, 6.07) is 6.17. The summed E-state index contributed by atoms with van der Waals surface area (Å²) in [6.07, 6.45) is 0.00640. The summed E-state index contributed by atoms with van der Waals surface area (Å²) in [4.78, 5) is 36.7. The SMILES string of the molecule is O=C1Nc2ccccc2OC1CC(=O)N1CCC[C@H]1C(=O)O. The first-order chi connectivity index (χ1) is 10.6. The van der Waals surface area contributed by atoms with E-state index >= 15 is 0 Å². The number of carboxylic acid groups (broad SMARTS) is 1. The largest absolute Gasteiger partial charge is 0.480 e. The molecule has 0 aromatic heterocycles. The van der Waals surface area contributed by atoms with Gasteiger partial charge in [-0.1, -0.05) is 12.1 Å². The number of anilines is 1. The third kappa shape index (κ3) is 2.61. The van der Waals surface area contributed by atoms with Gasteiger partial charge in [-0.2, -0.15) is 0 Å². The maximum atomic E-state index is 12.3. The van der Waals surface area contributed by atoms with E-state index in [0.29, 0.717) is 30.8 Å². The standard InChI is InChI=1S/C15H16N2O5/c18-13(17-7-3-5-10(17)15(20)21)8-12-14(19)16-9-4-1-2-6-11(9)22-12/h1-2,4,6,10,12H,3,5,7-8H2,(H,16,19)(H,20,21)/t10-,12?/m0/s1. The predicted molar refractivity (Wildman–Crippen MR) is 76.5 cm³/mol. The van der Waals surface area contributed by atoms with Crippen LogP contribution >= 0.6 is 0 Å². The molecule has 0 spiro atoms. The number of hydrogen-bond donors (Lipinski definition) is 2. The Bertz CT molecular complexity index is 630. The van der Waals surface area contributed by atoms with Crippen molar-refractivity contribution in [3.05, 3.63) is 24.3 Å². The summed E-state index contributed by atoms with van der Waals surface area (Å²) >= 11 is 0. The van der Waals surface area contributed by atoms with E-state index in [0.717, 1.165) is 0 Å². The van der Waals surface area contributed by atoms with Crippen LogP contribution < -0.4 is 10.1 Å². The summed E-state index contributed by atoms with van der Waals surface area (Å²) in [5.41, 5.74) is 0.570. The van der Waals surface area contributed by atoms with E-state index in [1.165, 1.54) is 4.90 Å². The molecule has 0 radical (unpaired) electrons. The van der Waals surface area contributed by atoms with Gasteiger partial charge in [0.05, 0.1) is 12.1 Å². The Morgan fingerprint density at radius 2 is 2.14 bits per heavy atom. The number of carbonyl (C=O) groups excluding carboxylic acids is 2. The molecule has 2 heterocycles. The van der Waals surface area contributed by atoms with Crippen molar-refractivity contribution in [2.45, 2.75) is 31.4 Å². The summed E-state index contributed by atoms with van der Waals surface area (Å²) in [6.45, 7) is 0.403. The van der Waals surface area contributed by atoms with E-state index in [4.69, 9.17) is 9.84 Å². The average Bonchev–Trinajstić information content (AvgIpc) is 2.97. The van der Waals surface area contributed by atoms with Gasteiger partial charge < -0.3 is 20.1 Å². The number of aliphatic carboxylic acids is 1. The summed E-state index contributed by atoms with van der Waals surface area (Å²) < 4.78 is 5.56. The van der Waals surface area contributed by atoms with E-state index in [9.17, 15) is 14.4 Å². The van der Waals surface area contributed by atoms with Gasteiger partial charge in [0, 0.05) is 6.54 Å². The maximum Gasteiger partial charge on any atom is 0.326 e. The monoisotopic (exact) mass is 304 g/mol. The molecule has 0 bridgehead atoms. The molecule has 0 saturated carbocycles. The minimum Gasteiger partial charge on any atom is -0.480 e. The van der Waals surface area contributed by atoms with Gasteiger partial charge in [0.15, 0.2) is 6.10 Å². The summed E-state index contributed by atoms with van der Waals surface area (Å²) in [7, 11) is 0. The van der Waals surface area contributed by atoms with Crippen LogP contribution in [-0.4, -0.2) is 46.5 Å². The van der Waals surface area contributed by atoms with Crippen LogP contribution in [0.4, 0.5) is 5.69 Å². The molecule has 1 saturated heterocycles. The Balaban J connectivity index is 1.70. The van der Waals surface area contributed by atoms with Crippen LogP contribution in [0.25, 0.3) is 0 Å². The van der Waals surface area contributed by atoms with Gasteiger partial charge in [-0.15, -0.1) is 0 Å². The Morgan fingerprint density at radius 1 is 1.36 bits per heavy atom. The van der Waals surface area contributed by atoms with Gasteiger partial charge >= 0.3 is 5.97 Å². The zero-order valence-corrected chi connectivity index (χ0v) is 11.8. The smallest absolute Gasteiger partial charge is 0.326 e. The molecule has 1 unspecified atom stereocenters. The van der Waals surface area contributed by atoms with E-state index in [1.54, 1.807) is 24.3 Å². The second-order valence-corrected chi connectivity index (χ2v) is 5.38. The number of likely N-dealkylation sites (tertiary alicyclic amines) is 1. The zero-order valence-electron chi connectivity index (χ0n) is 11.8. The number of rotatable bonds is 3. The van der Waals surface area contributed by atoms with Crippen molar-refractivity contribution < 1.29 is 24.2 Å². The molecule has 2 atom stereocenters. The number of carbonyl (C=O) groups is 3. The number of amides is 2. The molecule has 1 aromatic carbocycles. The van der Waals surface area contributed by atoms with Crippen LogP contribution in [0.2, 0.25) is 0 Å². The number of carboxylic acids is 1. The topological polar surface area (TPSA) is 95.9 Å². The lowest BCUT2D eigenvalue weighted by atomic mass is 10.1. The van der Waals surface area contributed by atoms with Gasteiger partial charge in [0.2, 0.25) is 5.91 Å². The first-order valence-corrected chi connectivity index (χ1v) is 7.15. The van der Waals surface area contributed by atoms with Crippen LogP contribution in [0.5, 0.6) is 5.75 Å². The van der Waals surface area contributed by atoms with Crippen LogP contribution in [0.3, 0.4) is 0 Å². The number of benzene rings is 1. The molecule has 1 aromatic rings. The van der Waals surface area contributed by atoms with Crippen LogP contribution in [0, 0.1) is 0 Å². The second-order valence-electron chi connectivity index (χ2n) is 5.38. The van der Waals surface area contributed by atoms with Crippen molar-refractivity contribution in [1.82, 2.24) is 4.90 Å². The highest BCUT2D eigenvalue weighted by molar-refractivity contribution is 6.00. The number of nitrogens with zero attached hydrogens (tertiary/aromatic N) is 1. The van der Waals surface area contributed by atoms with Gasteiger partial charge in [0.25, 0.3) is 5.91 Å². The normalized spacial score (nSPS) is 23.5. The van der Waals surface area contributed by atoms with Crippen molar-refractivity contribution in [2.24, 2.45) is 0 Å². The van der Waals surface area contributed by atoms with E-state index in [1.807, 2.05) is 0 Å². The maximum absolute atomic E-state index is 12.3. The lowest BCUT2D eigenvalue weighted by Gasteiger charge is -2.28. The molecule has 3 rings (SSSR count). The number of fused-ring (bicyclic) bond motifs is 1. The molecule has 0 aliphatic carbocycles. The fourth-order valence-corrected chi connectivity index (χ4v) is 2.82. The Kier molecular flexibility index (Phi) is 3.70. The number of para-hydroxylation sites is 2. The number of ether oxygens (including phenoxy) is 1. The highest BCUT2D eigenvalue weighted by atomic mass is 16.5. The van der Waals surface area contributed by atoms with Crippen molar-refractivity contribution in [3.8, 4) is 5.75 Å². The minimum atomic E-state index is -1.01. The Morgan fingerprint density at radius 3 is 2.91 bits per heavy atom. The first kappa shape index (κ1) is 14.4. The van der Waals surface area contributed by atoms with Crippen LogP contribution in [0.15, 0.2) is 24.3 Å². The van der Waals surface area contributed by atoms with Crippen molar-refractivity contribution in [2.75, 3.05) is 11.9 Å². The molecule has 7 nitrogen and oxygen atoms in total. The molecule has 2 aliphatic rings. The molecule has 2 amide bonds. The lowest BCUT2D eigenvalue weighted by molar-refractivity contribution is -0.149. The van der Waals surface area contributed by atoms with E-state index < -0.39 is 24.0 Å². The van der Waals surface area contributed by atoms with Gasteiger partial charge in [0.1, 0.15) is 11.8 Å². The average molecular weight is 304 g/mol. The fourth-order valence-electron chi connectivity index (χ4n) is 2.82. The van der Waals surface area contributed by atoms with Crippen LogP contribution in [0.1, 0.15) is 19.3 Å². The Hall–Kier alpha value is -2.57. The second kappa shape index (κ2) is 5.67. The molecule has 7 heteroatoms. The number of hydrogen-bond acceptors (Lipinski definition) is 4. The first-order valence-electron chi connectivity index (χ1n) is 7.15. The molecule has 2 aliphatic heterocycles. The Labute approximate surface area is 126 Å². The summed E-state index contributed by atoms with van der Waals surface area (Å²) in [5, 5.41) is 11.8. The van der Waals surface area contributed by atoms with Crippen molar-refractivity contribution in [1.29, 1.82) is 0 Å². The molecule has 2 N–H and O–H groups in total. The molecular weight excluding hydrogens is 288 g/mol. The minimum absolute atomic E-state index is 0.163. The third-order valence-electron chi connectivity index (χ3n) is 3.92. The lowest BCUT2D eigenvalue weighted by Crippen LogP contribution is -2.45. The molecular formula is C15H16N2O5. The van der Waals surface area contributed by atoms with E-state index in [-0.39, 0.29) is 12.3 Å². The highest BCUT2D eigenvalue weighted by Gasteiger charge is 2.37. The van der Waals surface area contributed by atoms with Crippen molar-refractivity contribution in [3.63, 3.8) is 0 Å². The molecule has 22 heavy (non-hydrogen) atoms. The summed E-state index contributed by atoms with van der Waals surface area (Å²) in [5.74, 6) is -1.26. The third-order valence-corrected chi connectivity index (χ3v) is 3.92. The van der Waals surface area contributed by atoms with Crippen molar-refractivity contribution >= 4 is 23.5 Å². The molecule has 1 fully saturated rings. The fraction of sp³-hybridized carbons (Fsp3) is 0.400. The van der Waals surface area contributed by atoms with E-state index in [2.05, 4.69) is 5.32 Å². The molecule has 116 valence electrons. The van der Waals surface area contributed by atoms with Gasteiger partial charge in [-0.3, -0.25) is 9.59 Å². The quantitative estimate of drug-likeness (QED) is 0.863. The predicted octanol–water partition coefficient (Wildman–Crippen LogP) is 0.852. The zero-order chi connectivity index (χ0) is 15.7. The van der Waals surface area contributed by atoms with Crippen LogP contribution in [-0.2, 0) is 14.4 Å². The highest BCUT2D eigenvalue weighted by Crippen LogP contribution is 2.30. The van der Waals surface area contributed by atoms with Gasteiger partial charge in [-0.25, -0.2) is 4.79 Å². The number of nitrogens with one attached hydrogen (secondary N) is 1. The van der Waals surface area contributed by atoms with Gasteiger partial charge in [-0.05, 0) is 25.0 Å².